The van der Waals surface area contributed by atoms with Gasteiger partial charge in [-0.3, -0.25) is 9.59 Å². The van der Waals surface area contributed by atoms with E-state index in [4.69, 9.17) is 5.11 Å². The molecule has 0 spiro atoms. The van der Waals surface area contributed by atoms with E-state index in [9.17, 15) is 9.59 Å². The molecule has 3 nitrogen and oxygen atoms in total. The number of hydrogen-bond donors (Lipinski definition) is 1. The highest BCUT2D eigenvalue weighted by atomic mass is 16.4. The minimum Gasteiger partial charge on any atom is -0.481 e. The van der Waals surface area contributed by atoms with Crippen molar-refractivity contribution in [2.45, 2.75) is 52.9 Å². The van der Waals surface area contributed by atoms with Crippen LogP contribution in [0.5, 0.6) is 0 Å². The molecular formula is C15H24O3. The first-order valence-corrected chi connectivity index (χ1v) is 7.10. The van der Waals surface area contributed by atoms with Crippen molar-refractivity contribution in [3.63, 3.8) is 0 Å². The Hall–Kier alpha value is -0.860. The highest BCUT2D eigenvalue weighted by molar-refractivity contribution is 5.82. The maximum Gasteiger partial charge on any atom is 0.306 e. The van der Waals surface area contributed by atoms with E-state index in [1.54, 1.807) is 0 Å². The van der Waals surface area contributed by atoms with Gasteiger partial charge in [-0.2, -0.15) is 0 Å². The summed E-state index contributed by atoms with van der Waals surface area (Å²) in [5, 5.41) is 9.15. The Balaban J connectivity index is 2.14. The second-order valence-electron chi connectivity index (χ2n) is 6.68. The van der Waals surface area contributed by atoms with Crippen LogP contribution >= 0.6 is 0 Å². The normalized spacial score (nSPS) is 42.2. The second kappa shape index (κ2) is 4.67. The minimum atomic E-state index is -0.696. The molecule has 0 unspecified atom stereocenters. The molecule has 1 N–H and O–H groups in total. The number of carbonyl (C=O) groups is 2. The van der Waals surface area contributed by atoms with E-state index in [1.165, 1.54) is 0 Å². The van der Waals surface area contributed by atoms with E-state index in [-0.39, 0.29) is 23.2 Å². The first-order valence-electron chi connectivity index (χ1n) is 7.10. The van der Waals surface area contributed by atoms with Crippen LogP contribution in [0.4, 0.5) is 0 Å². The van der Waals surface area contributed by atoms with E-state index < -0.39 is 5.97 Å². The van der Waals surface area contributed by atoms with Crippen LogP contribution < -0.4 is 0 Å². The Morgan fingerprint density at radius 3 is 2.72 bits per heavy atom. The Labute approximate surface area is 109 Å². The minimum absolute atomic E-state index is 0.118. The Morgan fingerprint density at radius 1 is 1.44 bits per heavy atom. The molecule has 0 heterocycles. The average Bonchev–Trinajstić information content (AvgIpc) is 2.33. The molecule has 2 aliphatic rings. The zero-order valence-corrected chi connectivity index (χ0v) is 11.6. The van der Waals surface area contributed by atoms with Crippen molar-refractivity contribution >= 4 is 11.8 Å². The molecule has 18 heavy (non-hydrogen) atoms. The molecule has 0 saturated heterocycles. The van der Waals surface area contributed by atoms with Gasteiger partial charge in [-0.15, -0.1) is 0 Å². The summed E-state index contributed by atoms with van der Waals surface area (Å²) < 4.78 is 0. The predicted molar refractivity (Wildman–Crippen MR) is 69.1 cm³/mol. The number of carboxylic acids is 1. The second-order valence-corrected chi connectivity index (χ2v) is 6.68. The van der Waals surface area contributed by atoms with Gasteiger partial charge in [0.1, 0.15) is 5.78 Å². The highest BCUT2D eigenvalue weighted by Crippen LogP contribution is 2.53. The summed E-state index contributed by atoms with van der Waals surface area (Å²) in [6.45, 7) is 6.14. The molecule has 0 aromatic rings. The lowest BCUT2D eigenvalue weighted by Crippen LogP contribution is -2.46. The van der Waals surface area contributed by atoms with Crippen LogP contribution in [0.25, 0.3) is 0 Å². The summed E-state index contributed by atoms with van der Waals surface area (Å²) in [5.41, 5.74) is 0.266. The largest absolute Gasteiger partial charge is 0.481 e. The van der Waals surface area contributed by atoms with Gasteiger partial charge in [0, 0.05) is 12.3 Å². The molecule has 5 atom stereocenters. The first-order chi connectivity index (χ1) is 8.35. The van der Waals surface area contributed by atoms with Crippen LogP contribution in [0.1, 0.15) is 52.9 Å². The Bertz CT molecular complexity index is 363. The van der Waals surface area contributed by atoms with Gasteiger partial charge in [0.05, 0.1) is 5.92 Å². The lowest BCUT2D eigenvalue weighted by molar-refractivity contribution is -0.145. The number of hydrogen-bond acceptors (Lipinski definition) is 2. The number of aliphatic carboxylic acids is 1. The van der Waals surface area contributed by atoms with Crippen LogP contribution in [-0.2, 0) is 9.59 Å². The van der Waals surface area contributed by atoms with Gasteiger partial charge < -0.3 is 5.11 Å². The van der Waals surface area contributed by atoms with Gasteiger partial charge in [-0.1, -0.05) is 20.8 Å². The number of carbonyl (C=O) groups excluding carboxylic acids is 1. The predicted octanol–water partition coefficient (Wildman–Crippen LogP) is 3.13. The summed E-state index contributed by atoms with van der Waals surface area (Å²) >= 11 is 0. The molecule has 0 aromatic heterocycles. The number of rotatable bonds is 2. The van der Waals surface area contributed by atoms with Crippen molar-refractivity contribution in [3.8, 4) is 0 Å². The molecule has 0 bridgehead atoms. The summed E-state index contributed by atoms with van der Waals surface area (Å²) in [6.07, 6.45) is 4.71. The van der Waals surface area contributed by atoms with Crippen molar-refractivity contribution < 1.29 is 14.7 Å². The summed E-state index contributed by atoms with van der Waals surface area (Å²) in [7, 11) is 0. The molecule has 0 amide bonds. The van der Waals surface area contributed by atoms with Crippen LogP contribution in [0.15, 0.2) is 0 Å². The summed E-state index contributed by atoms with van der Waals surface area (Å²) in [6, 6.07) is 0. The first kappa shape index (κ1) is 13.6. The van der Waals surface area contributed by atoms with Crippen LogP contribution in [-0.4, -0.2) is 16.9 Å². The molecule has 102 valence electrons. The lowest BCUT2D eigenvalue weighted by Gasteiger charge is -2.50. The number of fused-ring (bicyclic) bond motifs is 1. The maximum absolute atomic E-state index is 11.9. The van der Waals surface area contributed by atoms with Crippen LogP contribution in [0.2, 0.25) is 0 Å². The quantitative estimate of drug-likeness (QED) is 0.821. The van der Waals surface area contributed by atoms with Crippen molar-refractivity contribution in [1.29, 1.82) is 0 Å². The number of Topliss-reactive ketones (excluding diaryl/α,β-unsaturated/α-hetero) is 1. The standard InChI is InChI=1S/C15H24O3/c1-9(14(17)18)11-4-6-15(3)7-5-13(16)10(2)12(15)8-11/h9-12H,4-8H2,1-3H3,(H,17,18)/t9-,10-,11+,12-,15-/m0/s1. The average molecular weight is 252 g/mol. The van der Waals surface area contributed by atoms with Gasteiger partial charge in [0.2, 0.25) is 0 Å². The van der Waals surface area contributed by atoms with E-state index >= 15 is 0 Å². The summed E-state index contributed by atoms with van der Waals surface area (Å²) in [5.74, 6) is 0.152. The molecule has 0 aliphatic heterocycles. The van der Waals surface area contributed by atoms with Gasteiger partial charge >= 0.3 is 5.97 Å². The smallest absolute Gasteiger partial charge is 0.306 e. The molecule has 2 saturated carbocycles. The molecule has 2 rings (SSSR count). The molecule has 3 heteroatoms. The third kappa shape index (κ3) is 2.19. The number of ketones is 1. The molecule has 2 aliphatic carbocycles. The van der Waals surface area contributed by atoms with Crippen LogP contribution in [0, 0.1) is 29.1 Å². The summed E-state index contributed by atoms with van der Waals surface area (Å²) in [4.78, 5) is 23.0. The number of carboxylic acid groups (broad SMARTS) is 1. The van der Waals surface area contributed by atoms with Crippen LogP contribution in [0.3, 0.4) is 0 Å². The SMILES string of the molecule is C[C@H](C(=O)O)[C@@H]1CC[C@@]2(C)CCC(=O)[C@@H](C)[C@@H]2C1. The van der Waals surface area contributed by atoms with E-state index in [0.29, 0.717) is 18.1 Å². The zero-order chi connectivity index (χ0) is 13.5. The van der Waals surface area contributed by atoms with Gasteiger partial charge in [-0.05, 0) is 42.9 Å². The molecule has 0 aromatic carbocycles. The van der Waals surface area contributed by atoms with E-state index in [0.717, 1.165) is 25.7 Å². The fourth-order valence-electron chi connectivity index (χ4n) is 4.06. The van der Waals surface area contributed by atoms with Crippen molar-refractivity contribution in [3.05, 3.63) is 0 Å². The highest BCUT2D eigenvalue weighted by Gasteiger charge is 2.48. The maximum atomic E-state index is 11.9. The third-order valence-corrected chi connectivity index (χ3v) is 5.69. The van der Waals surface area contributed by atoms with Gasteiger partial charge in [0.25, 0.3) is 0 Å². The van der Waals surface area contributed by atoms with E-state index in [1.807, 2.05) is 13.8 Å². The lowest BCUT2D eigenvalue weighted by atomic mass is 9.54. The van der Waals surface area contributed by atoms with E-state index in [2.05, 4.69) is 6.92 Å². The van der Waals surface area contributed by atoms with Crippen molar-refractivity contribution in [1.82, 2.24) is 0 Å². The fraction of sp³-hybridized carbons (Fsp3) is 0.867. The molecule has 0 radical (unpaired) electrons. The fourth-order valence-corrected chi connectivity index (χ4v) is 4.06. The molecule has 2 fully saturated rings. The zero-order valence-electron chi connectivity index (χ0n) is 11.6. The van der Waals surface area contributed by atoms with Crippen molar-refractivity contribution in [2.75, 3.05) is 0 Å². The van der Waals surface area contributed by atoms with Gasteiger partial charge in [-0.25, -0.2) is 0 Å². The van der Waals surface area contributed by atoms with Crippen molar-refractivity contribution in [2.24, 2.45) is 29.1 Å². The van der Waals surface area contributed by atoms with Gasteiger partial charge in [0.15, 0.2) is 0 Å². The Kier molecular flexibility index (Phi) is 3.52. The molecular weight excluding hydrogens is 228 g/mol. The third-order valence-electron chi connectivity index (χ3n) is 5.69. The monoisotopic (exact) mass is 252 g/mol. The topological polar surface area (TPSA) is 54.4 Å². The Morgan fingerprint density at radius 2 is 2.11 bits per heavy atom.